The van der Waals surface area contributed by atoms with Crippen molar-refractivity contribution in [3.05, 3.63) is 174 Å². The maximum atomic E-state index is 6.54. The van der Waals surface area contributed by atoms with E-state index < -0.39 is 0 Å². The molecule has 0 radical (unpaired) electrons. The average Bonchev–Trinajstić information content (AvgIpc) is 4.19. The van der Waals surface area contributed by atoms with Crippen molar-refractivity contribution < 1.29 is 23.4 Å². The number of nitrogens with zero attached hydrogens (tertiary/aromatic N) is 2. The van der Waals surface area contributed by atoms with Crippen LogP contribution in [0.4, 0.5) is 34.1 Å². The Morgan fingerprint density at radius 2 is 1.15 bits per heavy atom. The quantitative estimate of drug-likeness (QED) is 0.163. The minimum absolute atomic E-state index is 0.00188. The maximum Gasteiger partial charge on any atom is 0.252 e. The van der Waals surface area contributed by atoms with Gasteiger partial charge in [-0.15, -0.1) is 0 Å². The van der Waals surface area contributed by atoms with E-state index in [0.29, 0.717) is 11.5 Å². The molecule has 0 N–H and O–H groups in total. The van der Waals surface area contributed by atoms with Gasteiger partial charge in [0.05, 0.1) is 11.4 Å². The van der Waals surface area contributed by atoms with Crippen molar-refractivity contribution >= 4 is 68.2 Å². The van der Waals surface area contributed by atoms with Gasteiger partial charge in [-0.3, -0.25) is 0 Å². The van der Waals surface area contributed by atoms with E-state index in [4.69, 9.17) is 23.4 Å². The average molecular weight is 929 g/mol. The molecule has 0 atom stereocenters. The van der Waals surface area contributed by atoms with Gasteiger partial charge in [-0.05, 0) is 145 Å². The van der Waals surface area contributed by atoms with Gasteiger partial charge in [0.1, 0.15) is 11.3 Å². The standard InChI is InChI=1S/C63H53BN2O5/c1-61(2,3)40-18-21-42(22-19-40)65-49-26-20-41(62(4,5)6)33-48(49)64-47-25-27-55-60(70-35-68-55)58(47)66(50-13-11-15-54-59(50)69-34-67-54)52-31-39(30-51(65)57(52)64)36-16-23-43-44-24-17-38(29-46(44)63(7,8)45(43)28-36)56-32-37-12-9-10-14-53(37)71-56/h9-33H,34-35H2,1-8H3. The molecule has 5 aliphatic rings. The summed E-state index contributed by atoms with van der Waals surface area (Å²) >= 11 is 0. The van der Waals surface area contributed by atoms with Crippen LogP contribution in [-0.4, -0.2) is 20.3 Å². The minimum Gasteiger partial charge on any atom is -0.456 e. The predicted octanol–water partition coefficient (Wildman–Crippen LogP) is 14.2. The Kier molecular flexibility index (Phi) is 8.66. The lowest BCUT2D eigenvalue weighted by molar-refractivity contribution is 0.174. The molecular weight excluding hydrogens is 876 g/mol. The number of hydrogen-bond acceptors (Lipinski definition) is 7. The number of ether oxygens (including phenoxy) is 4. The predicted molar refractivity (Wildman–Crippen MR) is 288 cm³/mol. The van der Waals surface area contributed by atoms with Crippen molar-refractivity contribution in [3.63, 3.8) is 0 Å². The zero-order valence-electron chi connectivity index (χ0n) is 41.4. The van der Waals surface area contributed by atoms with Gasteiger partial charge in [-0.2, -0.15) is 0 Å². The fourth-order valence-corrected chi connectivity index (χ4v) is 12.0. The molecule has 5 heterocycles. The second kappa shape index (κ2) is 14.6. The van der Waals surface area contributed by atoms with E-state index in [1.54, 1.807) is 0 Å². The highest BCUT2D eigenvalue weighted by molar-refractivity contribution is 7.00. The van der Waals surface area contributed by atoms with Crippen LogP contribution in [0.25, 0.3) is 44.5 Å². The summed E-state index contributed by atoms with van der Waals surface area (Å²) in [6.45, 7) is 18.6. The van der Waals surface area contributed by atoms with Crippen LogP contribution in [0.2, 0.25) is 0 Å². The first-order chi connectivity index (χ1) is 34.2. The summed E-state index contributed by atoms with van der Waals surface area (Å²) in [5, 5.41) is 1.11. The van der Waals surface area contributed by atoms with E-state index in [2.05, 4.69) is 199 Å². The summed E-state index contributed by atoms with van der Waals surface area (Å²) in [7, 11) is 0. The van der Waals surface area contributed by atoms with E-state index in [0.717, 1.165) is 84.5 Å². The van der Waals surface area contributed by atoms with Gasteiger partial charge in [0.2, 0.25) is 13.6 Å². The summed E-state index contributed by atoms with van der Waals surface area (Å²) in [5.74, 6) is 3.75. The number of hydrogen-bond donors (Lipinski definition) is 0. The van der Waals surface area contributed by atoms with Crippen molar-refractivity contribution in [1.29, 1.82) is 0 Å². The van der Waals surface area contributed by atoms with Gasteiger partial charge >= 0.3 is 0 Å². The highest BCUT2D eigenvalue weighted by atomic mass is 16.7. The molecule has 71 heavy (non-hydrogen) atoms. The number of rotatable bonds is 4. The van der Waals surface area contributed by atoms with Crippen LogP contribution in [0, 0.1) is 0 Å². The van der Waals surface area contributed by atoms with Gasteiger partial charge < -0.3 is 33.2 Å². The molecule has 9 aromatic rings. The highest BCUT2D eigenvalue weighted by Crippen LogP contribution is 2.56. The lowest BCUT2D eigenvalue weighted by Gasteiger charge is -2.45. The molecule has 1 aliphatic carbocycles. The van der Waals surface area contributed by atoms with Gasteiger partial charge in [0, 0.05) is 39.1 Å². The largest absolute Gasteiger partial charge is 0.456 e. The van der Waals surface area contributed by atoms with Crippen molar-refractivity contribution in [2.45, 2.75) is 71.6 Å². The van der Waals surface area contributed by atoms with Gasteiger partial charge in [0.25, 0.3) is 6.71 Å². The zero-order valence-corrected chi connectivity index (χ0v) is 41.4. The van der Waals surface area contributed by atoms with Crippen molar-refractivity contribution in [2.75, 3.05) is 23.4 Å². The Hall–Kier alpha value is -7.84. The molecule has 0 unspecified atom stereocenters. The Labute approximate surface area is 415 Å². The Morgan fingerprint density at radius 3 is 1.89 bits per heavy atom. The van der Waals surface area contributed by atoms with Gasteiger partial charge in [-0.25, -0.2) is 0 Å². The van der Waals surface area contributed by atoms with Gasteiger partial charge in [0.15, 0.2) is 23.0 Å². The highest BCUT2D eigenvalue weighted by Gasteiger charge is 2.47. The number of furan rings is 1. The Balaban J connectivity index is 1.02. The monoisotopic (exact) mass is 928 g/mol. The second-order valence-corrected chi connectivity index (χ2v) is 22.4. The summed E-state index contributed by atoms with van der Waals surface area (Å²) in [6, 6.07) is 56.0. The van der Waals surface area contributed by atoms with Crippen molar-refractivity contribution in [3.8, 4) is 56.6 Å². The van der Waals surface area contributed by atoms with Crippen LogP contribution in [0.15, 0.2) is 156 Å². The minimum atomic E-state index is -0.286. The van der Waals surface area contributed by atoms with Crippen LogP contribution in [0.1, 0.15) is 77.6 Å². The lowest BCUT2D eigenvalue weighted by atomic mass is 9.33. The van der Waals surface area contributed by atoms with E-state index in [1.807, 2.05) is 18.2 Å². The Morgan fingerprint density at radius 1 is 0.493 bits per heavy atom. The van der Waals surface area contributed by atoms with E-state index in [9.17, 15) is 0 Å². The first-order valence-corrected chi connectivity index (χ1v) is 24.8. The molecule has 0 saturated heterocycles. The van der Waals surface area contributed by atoms with Crippen LogP contribution in [-0.2, 0) is 16.2 Å². The summed E-state index contributed by atoms with van der Waals surface area (Å²) < 4.78 is 31.6. The second-order valence-electron chi connectivity index (χ2n) is 22.4. The first-order valence-electron chi connectivity index (χ1n) is 24.8. The Bertz CT molecular complexity index is 3710. The van der Waals surface area contributed by atoms with Crippen LogP contribution in [0.3, 0.4) is 0 Å². The maximum absolute atomic E-state index is 6.54. The smallest absolute Gasteiger partial charge is 0.252 e. The summed E-state index contributed by atoms with van der Waals surface area (Å²) in [5.41, 5.74) is 21.4. The molecule has 8 heteroatoms. The topological polar surface area (TPSA) is 56.5 Å². The number of fused-ring (bicyclic) bond motifs is 11. The number of anilines is 6. The third-order valence-corrected chi connectivity index (χ3v) is 15.8. The molecule has 0 spiro atoms. The van der Waals surface area contributed by atoms with E-state index in [1.165, 1.54) is 44.3 Å². The fourth-order valence-electron chi connectivity index (χ4n) is 12.0. The van der Waals surface area contributed by atoms with Crippen LogP contribution < -0.4 is 45.1 Å². The van der Waals surface area contributed by atoms with E-state index in [-0.39, 0.29) is 36.5 Å². The summed E-state index contributed by atoms with van der Waals surface area (Å²) in [6.07, 6.45) is 0. The normalized spacial score (nSPS) is 15.4. The molecule has 0 amide bonds. The molecule has 0 fully saturated rings. The van der Waals surface area contributed by atoms with Crippen molar-refractivity contribution in [1.82, 2.24) is 0 Å². The lowest BCUT2D eigenvalue weighted by Crippen LogP contribution is -2.61. The third-order valence-electron chi connectivity index (χ3n) is 15.8. The molecule has 4 aliphatic heterocycles. The molecule has 7 nitrogen and oxygen atoms in total. The molecule has 14 rings (SSSR count). The van der Waals surface area contributed by atoms with E-state index >= 15 is 0 Å². The fraction of sp³-hybridized carbons (Fsp3) is 0.206. The third kappa shape index (κ3) is 6.16. The number of benzene rings is 8. The zero-order chi connectivity index (χ0) is 48.3. The van der Waals surface area contributed by atoms with Crippen LogP contribution in [0.5, 0.6) is 23.0 Å². The molecule has 1 aromatic heterocycles. The first kappa shape index (κ1) is 42.1. The molecule has 348 valence electrons. The van der Waals surface area contributed by atoms with Crippen molar-refractivity contribution in [2.24, 2.45) is 0 Å². The summed E-state index contributed by atoms with van der Waals surface area (Å²) in [4.78, 5) is 4.87. The SMILES string of the molecule is CC(C)(C)c1ccc(N2c3ccc(C(C)(C)C)cc3B3c4ccc5c(c4N(c4cccc6c4OCO6)c4cc(-c6ccc7c(c6)C(C)(C)c6cc(-c8cc9ccccc9o8)ccc6-7)cc2c43)OCO5)cc1. The number of para-hydroxylation sites is 2. The van der Waals surface area contributed by atoms with Crippen LogP contribution >= 0.6 is 0 Å². The molecule has 8 aromatic carbocycles. The molecule has 0 saturated carbocycles. The van der Waals surface area contributed by atoms with Gasteiger partial charge in [-0.1, -0.05) is 134 Å². The molecule has 0 bridgehead atoms. The molecular formula is C63H53BN2O5.